The fraction of sp³-hybridized carbons (Fsp3) is 0.105. The molecule has 0 N–H and O–H groups in total. The molecule has 0 fully saturated rings. The van der Waals surface area contributed by atoms with Crippen LogP contribution in [0.5, 0.6) is 0 Å². The van der Waals surface area contributed by atoms with E-state index in [1.165, 1.54) is 10.2 Å². The van der Waals surface area contributed by atoms with E-state index in [4.69, 9.17) is 11.6 Å². The van der Waals surface area contributed by atoms with Crippen molar-refractivity contribution in [1.29, 1.82) is 0 Å². The molecule has 0 amide bonds. The van der Waals surface area contributed by atoms with Crippen molar-refractivity contribution in [3.8, 4) is 11.3 Å². The highest BCUT2D eigenvalue weighted by molar-refractivity contribution is 7.90. The summed E-state index contributed by atoms with van der Waals surface area (Å²) in [6, 6.07) is 12.0. The number of benzene rings is 1. The van der Waals surface area contributed by atoms with Crippen molar-refractivity contribution in [2.75, 3.05) is 0 Å². The minimum atomic E-state index is -3.90. The molecular weight excluding hydrogens is 384 g/mol. The first-order chi connectivity index (χ1) is 12.9. The third-order valence-electron chi connectivity index (χ3n) is 4.20. The van der Waals surface area contributed by atoms with Crippen LogP contribution in [0.15, 0.2) is 59.8 Å². The molecule has 6 nitrogen and oxygen atoms in total. The SMILES string of the molecule is Cc1ccc(S(=O)(=O)n2c(-c3ccc(C)nc3)cc3nc(Cl)cnc32)cc1. The molecule has 0 saturated heterocycles. The lowest BCUT2D eigenvalue weighted by molar-refractivity contribution is 0.589. The number of hydrogen-bond donors (Lipinski definition) is 0. The van der Waals surface area contributed by atoms with Crippen LogP contribution in [-0.4, -0.2) is 27.3 Å². The largest absolute Gasteiger partial charge is 0.269 e. The molecule has 0 aliphatic rings. The average Bonchev–Trinajstić information content (AvgIpc) is 3.02. The van der Waals surface area contributed by atoms with Crippen molar-refractivity contribution in [3.63, 3.8) is 0 Å². The first-order valence-corrected chi connectivity index (χ1v) is 9.97. The number of fused-ring (bicyclic) bond motifs is 1. The third kappa shape index (κ3) is 3.09. The summed E-state index contributed by atoms with van der Waals surface area (Å²) in [4.78, 5) is 12.9. The maximum absolute atomic E-state index is 13.4. The summed E-state index contributed by atoms with van der Waals surface area (Å²) < 4.78 is 28.0. The number of halogens is 1. The Morgan fingerprint density at radius 1 is 0.963 bits per heavy atom. The zero-order valence-electron chi connectivity index (χ0n) is 14.6. The quantitative estimate of drug-likeness (QED) is 0.521. The molecule has 0 unspecified atom stereocenters. The highest BCUT2D eigenvalue weighted by atomic mass is 35.5. The predicted molar refractivity (Wildman–Crippen MR) is 104 cm³/mol. The van der Waals surface area contributed by atoms with Crippen molar-refractivity contribution in [1.82, 2.24) is 18.9 Å². The Labute approximate surface area is 161 Å². The number of nitrogens with zero attached hydrogens (tertiary/aromatic N) is 4. The van der Waals surface area contributed by atoms with Gasteiger partial charge < -0.3 is 0 Å². The van der Waals surface area contributed by atoms with E-state index in [9.17, 15) is 8.42 Å². The van der Waals surface area contributed by atoms with Crippen LogP contribution in [0.3, 0.4) is 0 Å². The maximum Gasteiger partial charge on any atom is 0.269 e. The Bertz CT molecular complexity index is 1250. The normalized spacial score (nSPS) is 11.8. The summed E-state index contributed by atoms with van der Waals surface area (Å²) in [7, 11) is -3.90. The number of aryl methyl sites for hydroxylation is 2. The van der Waals surface area contributed by atoms with Crippen LogP contribution in [0.2, 0.25) is 5.15 Å². The molecule has 1 aromatic carbocycles. The predicted octanol–water partition coefficient (Wildman–Crippen LogP) is 4.00. The second-order valence-electron chi connectivity index (χ2n) is 6.20. The summed E-state index contributed by atoms with van der Waals surface area (Å²) in [5.41, 5.74) is 3.50. The number of rotatable bonds is 3. The molecule has 3 aromatic heterocycles. The van der Waals surface area contributed by atoms with Crippen LogP contribution in [0.4, 0.5) is 0 Å². The average molecular weight is 399 g/mol. The van der Waals surface area contributed by atoms with Gasteiger partial charge in [-0.2, -0.15) is 0 Å². The standard InChI is InChI=1S/C19H15ClN4O2S/c1-12-3-7-15(8-4-12)27(25,26)24-17(14-6-5-13(2)21-10-14)9-16-19(24)22-11-18(20)23-16/h3-11H,1-2H3. The Hall–Kier alpha value is -2.77. The minimum Gasteiger partial charge on any atom is -0.261 e. The number of pyridine rings is 1. The van der Waals surface area contributed by atoms with Gasteiger partial charge in [-0.05, 0) is 44.2 Å². The zero-order chi connectivity index (χ0) is 19.2. The molecule has 27 heavy (non-hydrogen) atoms. The van der Waals surface area contributed by atoms with Gasteiger partial charge in [0.15, 0.2) is 5.65 Å². The second kappa shape index (κ2) is 6.44. The fourth-order valence-corrected chi connectivity index (χ4v) is 4.42. The van der Waals surface area contributed by atoms with E-state index in [2.05, 4.69) is 15.0 Å². The Balaban J connectivity index is 2.04. The smallest absolute Gasteiger partial charge is 0.261 e. The van der Waals surface area contributed by atoms with Crippen LogP contribution >= 0.6 is 11.6 Å². The lowest BCUT2D eigenvalue weighted by atomic mass is 10.2. The van der Waals surface area contributed by atoms with E-state index in [1.807, 2.05) is 26.0 Å². The second-order valence-corrected chi connectivity index (χ2v) is 8.38. The van der Waals surface area contributed by atoms with Crippen molar-refractivity contribution in [3.05, 3.63) is 71.3 Å². The molecule has 0 spiro atoms. The molecule has 0 aliphatic carbocycles. The van der Waals surface area contributed by atoms with Gasteiger partial charge in [-0.25, -0.2) is 22.4 Å². The molecule has 0 saturated carbocycles. The van der Waals surface area contributed by atoms with Gasteiger partial charge in [0.05, 0.1) is 16.8 Å². The van der Waals surface area contributed by atoms with Gasteiger partial charge in [0, 0.05) is 17.5 Å². The van der Waals surface area contributed by atoms with E-state index >= 15 is 0 Å². The molecule has 0 atom stereocenters. The lowest BCUT2D eigenvalue weighted by Gasteiger charge is -2.11. The Morgan fingerprint density at radius 2 is 1.70 bits per heavy atom. The van der Waals surface area contributed by atoms with Gasteiger partial charge in [-0.3, -0.25) is 4.98 Å². The van der Waals surface area contributed by atoms with Crippen molar-refractivity contribution in [2.45, 2.75) is 18.7 Å². The number of hydrogen-bond acceptors (Lipinski definition) is 5. The lowest BCUT2D eigenvalue weighted by Crippen LogP contribution is -2.15. The van der Waals surface area contributed by atoms with Gasteiger partial charge >= 0.3 is 0 Å². The Kier molecular flexibility index (Phi) is 4.20. The van der Waals surface area contributed by atoms with Crippen LogP contribution in [-0.2, 0) is 10.0 Å². The summed E-state index contributed by atoms with van der Waals surface area (Å²) in [6.07, 6.45) is 2.97. The topological polar surface area (TPSA) is 77.7 Å². The van der Waals surface area contributed by atoms with E-state index in [1.54, 1.807) is 36.5 Å². The van der Waals surface area contributed by atoms with E-state index in [0.717, 1.165) is 11.3 Å². The van der Waals surface area contributed by atoms with Crippen LogP contribution in [0.25, 0.3) is 22.4 Å². The zero-order valence-corrected chi connectivity index (χ0v) is 16.2. The van der Waals surface area contributed by atoms with Crippen LogP contribution in [0.1, 0.15) is 11.3 Å². The first-order valence-electron chi connectivity index (χ1n) is 8.15. The summed E-state index contributed by atoms with van der Waals surface area (Å²) >= 11 is 5.95. The molecule has 3 heterocycles. The molecular formula is C19H15ClN4O2S. The Morgan fingerprint density at radius 3 is 2.37 bits per heavy atom. The van der Waals surface area contributed by atoms with Gasteiger partial charge in [0.2, 0.25) is 0 Å². The molecule has 4 rings (SSSR count). The van der Waals surface area contributed by atoms with E-state index < -0.39 is 10.0 Å². The highest BCUT2D eigenvalue weighted by Gasteiger charge is 2.25. The van der Waals surface area contributed by atoms with Crippen molar-refractivity contribution < 1.29 is 8.42 Å². The van der Waals surface area contributed by atoms with Gasteiger partial charge in [0.1, 0.15) is 10.7 Å². The summed E-state index contributed by atoms with van der Waals surface area (Å²) in [6.45, 7) is 3.77. The van der Waals surface area contributed by atoms with Gasteiger partial charge in [-0.15, -0.1) is 0 Å². The summed E-state index contributed by atoms with van der Waals surface area (Å²) in [5, 5.41) is 0.195. The molecule has 0 radical (unpaired) electrons. The monoisotopic (exact) mass is 398 g/mol. The summed E-state index contributed by atoms with van der Waals surface area (Å²) in [5.74, 6) is 0. The van der Waals surface area contributed by atoms with Crippen molar-refractivity contribution >= 4 is 32.8 Å². The van der Waals surface area contributed by atoms with E-state index in [0.29, 0.717) is 16.8 Å². The van der Waals surface area contributed by atoms with Crippen LogP contribution in [0, 0.1) is 13.8 Å². The maximum atomic E-state index is 13.4. The molecule has 0 bridgehead atoms. The van der Waals surface area contributed by atoms with Crippen LogP contribution < -0.4 is 0 Å². The highest BCUT2D eigenvalue weighted by Crippen LogP contribution is 2.31. The molecule has 0 aliphatic heterocycles. The third-order valence-corrected chi connectivity index (χ3v) is 6.10. The molecule has 4 aromatic rings. The fourth-order valence-electron chi connectivity index (χ4n) is 2.81. The molecule has 136 valence electrons. The van der Waals surface area contributed by atoms with Gasteiger partial charge in [0.25, 0.3) is 10.0 Å². The first kappa shape index (κ1) is 17.6. The van der Waals surface area contributed by atoms with E-state index in [-0.39, 0.29) is 15.7 Å². The minimum absolute atomic E-state index is 0.170. The van der Waals surface area contributed by atoms with Crippen molar-refractivity contribution in [2.24, 2.45) is 0 Å². The molecule has 8 heteroatoms. The van der Waals surface area contributed by atoms with Gasteiger partial charge in [-0.1, -0.05) is 29.3 Å². The number of aromatic nitrogens is 4.